The lowest BCUT2D eigenvalue weighted by Crippen LogP contribution is -2.55. The Bertz CT molecular complexity index is 230. The fraction of sp³-hybridized carbons (Fsp3) is 0.727. The highest BCUT2D eigenvalue weighted by molar-refractivity contribution is 5.81. The van der Waals surface area contributed by atoms with E-state index in [1.54, 1.807) is 6.08 Å². The van der Waals surface area contributed by atoms with E-state index in [2.05, 4.69) is 29.0 Å². The number of piperazine rings is 1. The van der Waals surface area contributed by atoms with Gasteiger partial charge in [-0.25, -0.2) is 0 Å². The standard InChI is InChI=1S/C11H21N3O/c1-4-5-13-11(15)10(3)14-7-6-12-9(2)8-14/h4,9-10,12H,1,5-8H2,2-3H3,(H,13,15)/t9-,10?/m1/s1. The Labute approximate surface area is 91.7 Å². The second-order valence-electron chi connectivity index (χ2n) is 4.06. The number of hydrogen-bond acceptors (Lipinski definition) is 3. The molecule has 0 spiro atoms. The zero-order valence-electron chi connectivity index (χ0n) is 9.62. The summed E-state index contributed by atoms with van der Waals surface area (Å²) in [4.78, 5) is 13.9. The van der Waals surface area contributed by atoms with Crippen molar-refractivity contribution in [1.29, 1.82) is 0 Å². The normalized spacial score (nSPS) is 24.5. The van der Waals surface area contributed by atoms with E-state index < -0.39 is 0 Å². The van der Waals surface area contributed by atoms with E-state index in [0.29, 0.717) is 12.6 Å². The minimum atomic E-state index is -0.0468. The SMILES string of the molecule is C=CCNC(=O)C(C)N1CCN[C@H](C)C1. The maximum Gasteiger partial charge on any atom is 0.237 e. The van der Waals surface area contributed by atoms with Gasteiger partial charge in [-0.3, -0.25) is 9.69 Å². The molecule has 1 amide bonds. The van der Waals surface area contributed by atoms with Gasteiger partial charge < -0.3 is 10.6 Å². The van der Waals surface area contributed by atoms with Crippen LogP contribution in [-0.4, -0.2) is 49.1 Å². The maximum absolute atomic E-state index is 11.7. The van der Waals surface area contributed by atoms with Crippen LogP contribution >= 0.6 is 0 Å². The first-order valence-electron chi connectivity index (χ1n) is 5.51. The highest BCUT2D eigenvalue weighted by atomic mass is 16.2. The van der Waals surface area contributed by atoms with Gasteiger partial charge in [0.25, 0.3) is 0 Å². The smallest absolute Gasteiger partial charge is 0.237 e. The average molecular weight is 211 g/mol. The number of hydrogen-bond donors (Lipinski definition) is 2. The van der Waals surface area contributed by atoms with Crippen molar-refractivity contribution in [3.8, 4) is 0 Å². The summed E-state index contributed by atoms with van der Waals surface area (Å²) in [6.45, 7) is 11.0. The van der Waals surface area contributed by atoms with Gasteiger partial charge in [0.15, 0.2) is 0 Å². The topological polar surface area (TPSA) is 44.4 Å². The van der Waals surface area contributed by atoms with Crippen LogP contribution < -0.4 is 10.6 Å². The van der Waals surface area contributed by atoms with Gasteiger partial charge in [0.05, 0.1) is 6.04 Å². The van der Waals surface area contributed by atoms with Crippen molar-refractivity contribution in [2.45, 2.75) is 25.9 Å². The van der Waals surface area contributed by atoms with Crippen LogP contribution in [0.2, 0.25) is 0 Å². The average Bonchev–Trinajstić information content (AvgIpc) is 2.24. The zero-order chi connectivity index (χ0) is 11.3. The number of nitrogens with zero attached hydrogens (tertiary/aromatic N) is 1. The molecular weight excluding hydrogens is 190 g/mol. The Hall–Kier alpha value is -0.870. The molecule has 1 aliphatic rings. The number of carbonyl (C=O) groups excluding carboxylic acids is 1. The second-order valence-corrected chi connectivity index (χ2v) is 4.06. The monoisotopic (exact) mass is 211 g/mol. The van der Waals surface area contributed by atoms with Crippen LogP contribution in [0.1, 0.15) is 13.8 Å². The molecule has 0 aromatic rings. The summed E-state index contributed by atoms with van der Waals surface area (Å²) < 4.78 is 0. The van der Waals surface area contributed by atoms with E-state index >= 15 is 0 Å². The molecule has 86 valence electrons. The number of carbonyl (C=O) groups is 1. The van der Waals surface area contributed by atoms with E-state index in [0.717, 1.165) is 19.6 Å². The van der Waals surface area contributed by atoms with Gasteiger partial charge in [0, 0.05) is 32.2 Å². The lowest BCUT2D eigenvalue weighted by Gasteiger charge is -2.35. The second kappa shape index (κ2) is 5.88. The lowest BCUT2D eigenvalue weighted by atomic mass is 10.1. The number of amides is 1. The molecule has 4 heteroatoms. The van der Waals surface area contributed by atoms with Crippen LogP contribution in [0.4, 0.5) is 0 Å². The Morgan fingerprint density at radius 3 is 3.13 bits per heavy atom. The Balaban J connectivity index is 2.40. The van der Waals surface area contributed by atoms with Gasteiger partial charge in [-0.1, -0.05) is 6.08 Å². The molecule has 0 aliphatic carbocycles. The molecule has 1 saturated heterocycles. The highest BCUT2D eigenvalue weighted by Crippen LogP contribution is 2.04. The third-order valence-electron chi connectivity index (χ3n) is 2.75. The van der Waals surface area contributed by atoms with Crippen LogP contribution in [-0.2, 0) is 4.79 Å². The first kappa shape index (κ1) is 12.2. The predicted molar refractivity (Wildman–Crippen MR) is 61.7 cm³/mol. The molecule has 4 nitrogen and oxygen atoms in total. The molecule has 1 heterocycles. The van der Waals surface area contributed by atoms with Crippen molar-refractivity contribution in [1.82, 2.24) is 15.5 Å². The van der Waals surface area contributed by atoms with E-state index in [-0.39, 0.29) is 11.9 Å². The van der Waals surface area contributed by atoms with Gasteiger partial charge in [-0.05, 0) is 13.8 Å². The zero-order valence-corrected chi connectivity index (χ0v) is 9.62. The molecule has 2 N–H and O–H groups in total. The first-order valence-corrected chi connectivity index (χ1v) is 5.51. The quantitative estimate of drug-likeness (QED) is 0.642. The lowest BCUT2D eigenvalue weighted by molar-refractivity contribution is -0.126. The van der Waals surface area contributed by atoms with E-state index in [1.165, 1.54) is 0 Å². The minimum absolute atomic E-state index is 0.0468. The number of nitrogens with one attached hydrogen (secondary N) is 2. The third-order valence-corrected chi connectivity index (χ3v) is 2.75. The van der Waals surface area contributed by atoms with Crippen molar-refractivity contribution in [3.05, 3.63) is 12.7 Å². The molecule has 0 aromatic carbocycles. The van der Waals surface area contributed by atoms with Crippen molar-refractivity contribution in [2.75, 3.05) is 26.2 Å². The summed E-state index contributed by atoms with van der Waals surface area (Å²) in [5.41, 5.74) is 0. The third kappa shape index (κ3) is 3.64. The van der Waals surface area contributed by atoms with Gasteiger partial charge >= 0.3 is 0 Å². The Kier molecular flexibility index (Phi) is 4.78. The molecule has 0 bridgehead atoms. The van der Waals surface area contributed by atoms with Gasteiger partial charge in [-0.15, -0.1) is 6.58 Å². The largest absolute Gasteiger partial charge is 0.351 e. The molecule has 15 heavy (non-hydrogen) atoms. The van der Waals surface area contributed by atoms with Gasteiger partial charge in [-0.2, -0.15) is 0 Å². The molecule has 1 unspecified atom stereocenters. The summed E-state index contributed by atoms with van der Waals surface area (Å²) in [6.07, 6.45) is 1.70. The van der Waals surface area contributed by atoms with Crippen LogP contribution in [0.3, 0.4) is 0 Å². The molecule has 2 atom stereocenters. The highest BCUT2D eigenvalue weighted by Gasteiger charge is 2.24. The van der Waals surface area contributed by atoms with Crippen LogP contribution in [0.25, 0.3) is 0 Å². The van der Waals surface area contributed by atoms with Crippen LogP contribution in [0, 0.1) is 0 Å². The molecular formula is C11H21N3O. The van der Waals surface area contributed by atoms with E-state index in [4.69, 9.17) is 0 Å². The minimum Gasteiger partial charge on any atom is -0.351 e. The van der Waals surface area contributed by atoms with E-state index in [1.807, 2.05) is 6.92 Å². The van der Waals surface area contributed by atoms with Crippen molar-refractivity contribution >= 4 is 5.91 Å². The summed E-state index contributed by atoms with van der Waals surface area (Å²) in [6, 6.07) is 0.419. The number of rotatable bonds is 4. The predicted octanol–water partition coefficient (Wildman–Crippen LogP) is -0.0292. The summed E-state index contributed by atoms with van der Waals surface area (Å²) in [5, 5.41) is 6.18. The molecule has 0 saturated carbocycles. The molecule has 1 aliphatic heterocycles. The van der Waals surface area contributed by atoms with E-state index in [9.17, 15) is 4.79 Å². The van der Waals surface area contributed by atoms with Crippen molar-refractivity contribution in [3.63, 3.8) is 0 Å². The first-order chi connectivity index (χ1) is 7.15. The fourth-order valence-electron chi connectivity index (χ4n) is 1.80. The molecule has 1 fully saturated rings. The Morgan fingerprint density at radius 1 is 1.80 bits per heavy atom. The summed E-state index contributed by atoms with van der Waals surface area (Å²) in [5.74, 6) is 0.0870. The Morgan fingerprint density at radius 2 is 2.53 bits per heavy atom. The molecule has 0 radical (unpaired) electrons. The molecule has 1 rings (SSSR count). The fourth-order valence-corrected chi connectivity index (χ4v) is 1.80. The van der Waals surface area contributed by atoms with Crippen LogP contribution in [0.5, 0.6) is 0 Å². The van der Waals surface area contributed by atoms with Crippen molar-refractivity contribution in [2.24, 2.45) is 0 Å². The maximum atomic E-state index is 11.7. The van der Waals surface area contributed by atoms with Gasteiger partial charge in [0.1, 0.15) is 0 Å². The summed E-state index contributed by atoms with van der Waals surface area (Å²) >= 11 is 0. The van der Waals surface area contributed by atoms with Crippen molar-refractivity contribution < 1.29 is 4.79 Å². The molecule has 0 aromatic heterocycles. The summed E-state index contributed by atoms with van der Waals surface area (Å²) in [7, 11) is 0. The van der Waals surface area contributed by atoms with Crippen LogP contribution in [0.15, 0.2) is 12.7 Å². The van der Waals surface area contributed by atoms with Gasteiger partial charge in [0.2, 0.25) is 5.91 Å².